The summed E-state index contributed by atoms with van der Waals surface area (Å²) in [5.41, 5.74) is 5.15. The van der Waals surface area contributed by atoms with Crippen molar-refractivity contribution in [3.05, 3.63) is 39.3 Å². The molecule has 17 heavy (non-hydrogen) atoms. The third-order valence-electron chi connectivity index (χ3n) is 3.08. The van der Waals surface area contributed by atoms with Gasteiger partial charge in [0.15, 0.2) is 0 Å². The molecule has 0 aliphatic carbocycles. The van der Waals surface area contributed by atoms with Crippen molar-refractivity contribution in [3.8, 4) is 0 Å². The Morgan fingerprint density at radius 1 is 1.41 bits per heavy atom. The van der Waals surface area contributed by atoms with Crippen LogP contribution in [0.3, 0.4) is 0 Å². The van der Waals surface area contributed by atoms with Gasteiger partial charge in [-0.25, -0.2) is 0 Å². The molecule has 0 amide bonds. The van der Waals surface area contributed by atoms with Crippen molar-refractivity contribution in [1.82, 2.24) is 15.1 Å². The van der Waals surface area contributed by atoms with Gasteiger partial charge in [0, 0.05) is 31.4 Å². The van der Waals surface area contributed by atoms with Crippen molar-refractivity contribution in [2.24, 2.45) is 7.05 Å². The Bertz CT molecular complexity index is 498. The van der Waals surface area contributed by atoms with Crippen molar-refractivity contribution in [2.75, 3.05) is 0 Å². The first-order valence-electron chi connectivity index (χ1n) is 5.83. The number of nitrogens with one attached hydrogen (secondary N) is 1. The van der Waals surface area contributed by atoms with Crippen molar-refractivity contribution in [2.45, 2.75) is 33.4 Å². The molecular formula is C13H19N3S. The van der Waals surface area contributed by atoms with Gasteiger partial charge < -0.3 is 5.32 Å². The number of aromatic nitrogens is 2. The van der Waals surface area contributed by atoms with Crippen molar-refractivity contribution >= 4 is 11.3 Å². The van der Waals surface area contributed by atoms with Gasteiger partial charge in [-0.15, -0.1) is 0 Å². The lowest BCUT2D eigenvalue weighted by molar-refractivity contribution is 0.571. The summed E-state index contributed by atoms with van der Waals surface area (Å²) in [6.07, 6.45) is 2.09. The van der Waals surface area contributed by atoms with Gasteiger partial charge in [-0.1, -0.05) is 0 Å². The van der Waals surface area contributed by atoms with Gasteiger partial charge in [0.1, 0.15) is 0 Å². The molecule has 0 saturated heterocycles. The fourth-order valence-corrected chi connectivity index (χ4v) is 2.84. The highest BCUT2D eigenvalue weighted by molar-refractivity contribution is 7.08. The van der Waals surface area contributed by atoms with Gasteiger partial charge in [-0.05, 0) is 42.7 Å². The molecule has 0 fully saturated rings. The van der Waals surface area contributed by atoms with E-state index < -0.39 is 0 Å². The smallest absolute Gasteiger partial charge is 0.0641 e. The molecule has 0 radical (unpaired) electrons. The van der Waals surface area contributed by atoms with E-state index in [0.717, 1.165) is 12.2 Å². The topological polar surface area (TPSA) is 29.9 Å². The van der Waals surface area contributed by atoms with E-state index in [1.807, 2.05) is 11.7 Å². The van der Waals surface area contributed by atoms with E-state index in [9.17, 15) is 0 Å². The molecule has 2 aromatic heterocycles. The van der Waals surface area contributed by atoms with Crippen LogP contribution in [0.25, 0.3) is 0 Å². The minimum atomic E-state index is 0.336. The molecule has 3 nitrogen and oxygen atoms in total. The van der Waals surface area contributed by atoms with Crippen LogP contribution in [0.1, 0.15) is 35.3 Å². The molecule has 0 aromatic carbocycles. The summed E-state index contributed by atoms with van der Waals surface area (Å²) in [4.78, 5) is 0. The Hall–Kier alpha value is -1.13. The Morgan fingerprint density at radius 3 is 2.71 bits per heavy atom. The summed E-state index contributed by atoms with van der Waals surface area (Å²) < 4.78 is 1.87. The number of hydrogen-bond acceptors (Lipinski definition) is 3. The summed E-state index contributed by atoms with van der Waals surface area (Å²) >= 11 is 1.76. The first-order valence-corrected chi connectivity index (χ1v) is 6.77. The number of rotatable bonds is 4. The molecule has 92 valence electrons. The highest BCUT2D eigenvalue weighted by Crippen LogP contribution is 2.18. The van der Waals surface area contributed by atoms with Crippen LogP contribution in [-0.4, -0.2) is 9.78 Å². The number of hydrogen-bond donors (Lipinski definition) is 1. The molecule has 4 heteroatoms. The maximum Gasteiger partial charge on any atom is 0.0641 e. The number of aryl methyl sites for hydroxylation is 3. The van der Waals surface area contributed by atoms with Gasteiger partial charge in [0.25, 0.3) is 0 Å². The van der Waals surface area contributed by atoms with E-state index in [1.165, 1.54) is 16.7 Å². The standard InChI is InChI=1S/C13H19N3S/c1-9-7-17-8-12(9)5-14-10(2)13-6-16(4)15-11(13)3/h6-8,10,14H,5H2,1-4H3. The van der Waals surface area contributed by atoms with E-state index >= 15 is 0 Å². The monoisotopic (exact) mass is 249 g/mol. The lowest BCUT2D eigenvalue weighted by Gasteiger charge is -2.12. The lowest BCUT2D eigenvalue weighted by Crippen LogP contribution is -2.18. The van der Waals surface area contributed by atoms with Crippen LogP contribution in [0.15, 0.2) is 17.0 Å². The molecule has 0 aliphatic heterocycles. The average Bonchev–Trinajstić information content (AvgIpc) is 2.81. The molecular weight excluding hydrogens is 230 g/mol. The van der Waals surface area contributed by atoms with Gasteiger partial charge in [0.2, 0.25) is 0 Å². The Kier molecular flexibility index (Phi) is 3.64. The summed E-state index contributed by atoms with van der Waals surface area (Å²) in [6, 6.07) is 0.336. The average molecular weight is 249 g/mol. The van der Waals surface area contributed by atoms with Crippen LogP contribution < -0.4 is 5.32 Å². The van der Waals surface area contributed by atoms with Gasteiger partial charge in [-0.2, -0.15) is 16.4 Å². The summed E-state index contributed by atoms with van der Waals surface area (Å²) in [7, 11) is 1.96. The van der Waals surface area contributed by atoms with Crippen LogP contribution >= 0.6 is 11.3 Å². The third-order valence-corrected chi connectivity index (χ3v) is 3.99. The summed E-state index contributed by atoms with van der Waals surface area (Å²) in [5, 5.41) is 12.3. The molecule has 2 heterocycles. The third kappa shape index (κ3) is 2.76. The molecule has 0 aliphatic rings. The van der Waals surface area contributed by atoms with Gasteiger partial charge in [0.05, 0.1) is 5.69 Å². The van der Waals surface area contributed by atoms with Crippen LogP contribution in [0.5, 0.6) is 0 Å². The fourth-order valence-electron chi connectivity index (χ4n) is 1.98. The van der Waals surface area contributed by atoms with Crippen molar-refractivity contribution in [3.63, 3.8) is 0 Å². The first kappa shape index (κ1) is 12.3. The molecule has 1 unspecified atom stereocenters. The van der Waals surface area contributed by atoms with Crippen molar-refractivity contribution < 1.29 is 0 Å². The summed E-state index contributed by atoms with van der Waals surface area (Å²) in [6.45, 7) is 7.33. The second-order valence-corrected chi connectivity index (χ2v) is 5.27. The predicted molar refractivity (Wildman–Crippen MR) is 72.3 cm³/mol. The molecule has 1 N–H and O–H groups in total. The van der Waals surface area contributed by atoms with Crippen LogP contribution in [0.2, 0.25) is 0 Å². The highest BCUT2D eigenvalue weighted by atomic mass is 32.1. The maximum absolute atomic E-state index is 4.37. The van der Waals surface area contributed by atoms with Crippen LogP contribution in [0.4, 0.5) is 0 Å². The Balaban J connectivity index is 2.00. The zero-order chi connectivity index (χ0) is 12.4. The molecule has 2 aromatic rings. The van der Waals surface area contributed by atoms with E-state index in [4.69, 9.17) is 0 Å². The fraction of sp³-hybridized carbons (Fsp3) is 0.462. The molecule has 1 atom stereocenters. The zero-order valence-corrected chi connectivity index (χ0v) is 11.6. The van der Waals surface area contributed by atoms with Crippen LogP contribution in [0, 0.1) is 13.8 Å². The molecule has 0 saturated carbocycles. The van der Waals surface area contributed by atoms with Gasteiger partial charge in [-0.3, -0.25) is 4.68 Å². The number of nitrogens with zero attached hydrogens (tertiary/aromatic N) is 2. The van der Waals surface area contributed by atoms with Crippen molar-refractivity contribution in [1.29, 1.82) is 0 Å². The molecule has 0 bridgehead atoms. The second-order valence-electron chi connectivity index (χ2n) is 4.53. The highest BCUT2D eigenvalue weighted by Gasteiger charge is 2.11. The van der Waals surface area contributed by atoms with E-state index in [0.29, 0.717) is 6.04 Å². The minimum Gasteiger partial charge on any atom is -0.306 e. The minimum absolute atomic E-state index is 0.336. The maximum atomic E-state index is 4.37. The molecule has 0 spiro atoms. The van der Waals surface area contributed by atoms with Crippen LogP contribution in [-0.2, 0) is 13.6 Å². The van der Waals surface area contributed by atoms with Gasteiger partial charge >= 0.3 is 0 Å². The second kappa shape index (κ2) is 5.02. The SMILES string of the molecule is Cc1cscc1CNC(C)c1cn(C)nc1C. The Morgan fingerprint density at radius 2 is 2.18 bits per heavy atom. The van der Waals surface area contributed by atoms with E-state index in [-0.39, 0.29) is 0 Å². The van der Waals surface area contributed by atoms with E-state index in [1.54, 1.807) is 11.3 Å². The van der Waals surface area contributed by atoms with E-state index in [2.05, 4.69) is 48.1 Å². The lowest BCUT2D eigenvalue weighted by atomic mass is 10.1. The summed E-state index contributed by atoms with van der Waals surface area (Å²) in [5.74, 6) is 0. The predicted octanol–water partition coefficient (Wildman–Crippen LogP) is 2.95. The largest absolute Gasteiger partial charge is 0.306 e. The zero-order valence-electron chi connectivity index (χ0n) is 10.8. The molecule has 2 rings (SSSR count). The first-order chi connectivity index (χ1) is 8.08. The quantitative estimate of drug-likeness (QED) is 0.903. The Labute approximate surface area is 106 Å². The number of thiophene rings is 1. The normalized spacial score (nSPS) is 12.9.